The largest absolute Gasteiger partial charge is 0.366 e. The van der Waals surface area contributed by atoms with Crippen LogP contribution in [0.4, 0.5) is 0 Å². The van der Waals surface area contributed by atoms with Gasteiger partial charge in [0, 0.05) is 12.5 Å². The lowest BCUT2D eigenvalue weighted by Crippen LogP contribution is -2.43. The highest BCUT2D eigenvalue weighted by atomic mass is 16.5. The molecule has 1 aromatic carbocycles. The van der Waals surface area contributed by atoms with Crippen molar-refractivity contribution in [3.05, 3.63) is 35.4 Å². The highest BCUT2D eigenvalue weighted by Crippen LogP contribution is 2.08. The second-order valence-electron chi connectivity index (χ2n) is 3.91. The summed E-state index contributed by atoms with van der Waals surface area (Å²) in [5.74, 6) is -1.22. The number of hydrogen-bond acceptors (Lipinski definition) is 4. The van der Waals surface area contributed by atoms with E-state index in [0.717, 1.165) is 5.56 Å². The predicted molar refractivity (Wildman–Crippen MR) is 69.4 cm³/mol. The first-order chi connectivity index (χ1) is 8.95. The number of nitrogens with one attached hydrogen (secondary N) is 2. The average Bonchev–Trinajstić information content (AvgIpc) is 2.35. The van der Waals surface area contributed by atoms with Gasteiger partial charge in [0.15, 0.2) is 5.84 Å². The van der Waals surface area contributed by atoms with Crippen LogP contribution in [0.2, 0.25) is 0 Å². The van der Waals surface area contributed by atoms with Crippen molar-refractivity contribution in [3.8, 4) is 0 Å². The fourth-order valence-corrected chi connectivity index (χ4v) is 1.49. The Hall–Kier alpha value is -2.41. The Morgan fingerprint density at radius 1 is 1.37 bits per heavy atom. The lowest BCUT2D eigenvalue weighted by molar-refractivity contribution is -0.126. The zero-order valence-corrected chi connectivity index (χ0v) is 10.7. The molecular weight excluding hydrogens is 248 g/mol. The maximum absolute atomic E-state index is 11.2. The molecule has 0 aliphatic heterocycles. The standard InChI is InChI=1S/C12H16N4O3/c1-7-5-3-4-6-9(7)11(16-19)15-12(10(13)18)14-8(2)17/h3-6,12,19H,1-2H3,(H2,13,18)(H,14,17)(H,15,16). The fraction of sp³-hybridized carbons (Fsp3) is 0.250. The molecule has 0 fully saturated rings. The molecule has 0 aromatic heterocycles. The summed E-state index contributed by atoms with van der Waals surface area (Å²) in [6, 6.07) is 7.11. The van der Waals surface area contributed by atoms with Crippen molar-refractivity contribution in [2.45, 2.75) is 20.0 Å². The number of amidine groups is 1. The van der Waals surface area contributed by atoms with Crippen LogP contribution < -0.4 is 16.5 Å². The molecule has 0 radical (unpaired) electrons. The van der Waals surface area contributed by atoms with Crippen molar-refractivity contribution in [3.63, 3.8) is 0 Å². The van der Waals surface area contributed by atoms with Crippen molar-refractivity contribution in [1.29, 1.82) is 0 Å². The van der Waals surface area contributed by atoms with Gasteiger partial charge in [-0.15, -0.1) is 0 Å². The number of hydrogen-bond donors (Lipinski definition) is 4. The van der Waals surface area contributed by atoms with Gasteiger partial charge >= 0.3 is 0 Å². The smallest absolute Gasteiger partial charge is 0.262 e. The van der Waals surface area contributed by atoms with E-state index in [0.29, 0.717) is 5.56 Å². The van der Waals surface area contributed by atoms with Crippen LogP contribution >= 0.6 is 0 Å². The highest BCUT2D eigenvalue weighted by molar-refractivity contribution is 6.01. The van der Waals surface area contributed by atoms with Gasteiger partial charge in [-0.1, -0.05) is 24.3 Å². The van der Waals surface area contributed by atoms with E-state index in [1.165, 1.54) is 6.92 Å². The summed E-state index contributed by atoms with van der Waals surface area (Å²) in [5, 5.41) is 11.4. The van der Waals surface area contributed by atoms with Crippen LogP contribution in [-0.2, 0) is 9.59 Å². The highest BCUT2D eigenvalue weighted by Gasteiger charge is 2.17. The Morgan fingerprint density at radius 2 is 2.00 bits per heavy atom. The minimum Gasteiger partial charge on any atom is -0.366 e. The number of aryl methyl sites for hydroxylation is 1. The third-order valence-electron chi connectivity index (χ3n) is 2.37. The summed E-state index contributed by atoms with van der Waals surface area (Å²) in [4.78, 5) is 26.1. The molecule has 19 heavy (non-hydrogen) atoms. The van der Waals surface area contributed by atoms with Gasteiger partial charge in [0.2, 0.25) is 12.1 Å². The van der Waals surface area contributed by atoms with Crippen molar-refractivity contribution in [2.75, 3.05) is 0 Å². The molecule has 1 unspecified atom stereocenters. The molecule has 0 heterocycles. The van der Waals surface area contributed by atoms with Crippen LogP contribution in [0.1, 0.15) is 18.1 Å². The maximum Gasteiger partial charge on any atom is 0.262 e. The van der Waals surface area contributed by atoms with Gasteiger partial charge < -0.3 is 11.1 Å². The van der Waals surface area contributed by atoms with Crippen molar-refractivity contribution < 1.29 is 14.8 Å². The van der Waals surface area contributed by atoms with E-state index in [4.69, 9.17) is 10.9 Å². The Labute approximate surface area is 110 Å². The lowest BCUT2D eigenvalue weighted by atomic mass is 10.1. The predicted octanol–water partition coefficient (Wildman–Crippen LogP) is -0.332. The first kappa shape index (κ1) is 14.7. The van der Waals surface area contributed by atoms with E-state index in [2.05, 4.69) is 10.3 Å². The van der Waals surface area contributed by atoms with Gasteiger partial charge in [-0.3, -0.25) is 20.3 Å². The van der Waals surface area contributed by atoms with Crippen molar-refractivity contribution >= 4 is 17.6 Å². The lowest BCUT2D eigenvalue weighted by Gasteiger charge is -2.13. The average molecular weight is 264 g/mol. The van der Waals surface area contributed by atoms with Crippen LogP contribution in [-0.4, -0.2) is 29.0 Å². The van der Waals surface area contributed by atoms with Crippen LogP contribution in [0.3, 0.4) is 0 Å². The molecule has 2 amide bonds. The number of nitrogens with zero attached hydrogens (tertiary/aromatic N) is 1. The molecule has 1 rings (SSSR count). The van der Waals surface area contributed by atoms with Crippen LogP contribution in [0.15, 0.2) is 29.3 Å². The Kier molecular flexibility index (Phi) is 5.01. The number of amides is 2. The molecule has 102 valence electrons. The summed E-state index contributed by atoms with van der Waals surface area (Å²) in [5.41, 5.74) is 8.48. The van der Waals surface area contributed by atoms with Crippen LogP contribution in [0.5, 0.6) is 0 Å². The second-order valence-corrected chi connectivity index (χ2v) is 3.91. The van der Waals surface area contributed by atoms with Gasteiger partial charge in [0.25, 0.3) is 5.91 Å². The first-order valence-corrected chi connectivity index (χ1v) is 5.56. The molecule has 0 saturated heterocycles. The second kappa shape index (κ2) is 6.50. The van der Waals surface area contributed by atoms with Crippen LogP contribution in [0, 0.1) is 6.92 Å². The first-order valence-electron chi connectivity index (χ1n) is 5.56. The molecular formula is C12H16N4O3. The monoisotopic (exact) mass is 264 g/mol. The van der Waals surface area contributed by atoms with E-state index in [1.54, 1.807) is 12.1 Å². The Bertz CT molecular complexity index is 513. The summed E-state index contributed by atoms with van der Waals surface area (Å²) < 4.78 is 0. The van der Waals surface area contributed by atoms with E-state index in [1.807, 2.05) is 24.5 Å². The number of rotatable bonds is 4. The normalized spacial score (nSPS) is 12.7. The van der Waals surface area contributed by atoms with Gasteiger partial charge in [-0.05, 0) is 12.5 Å². The van der Waals surface area contributed by atoms with Crippen molar-refractivity contribution in [1.82, 2.24) is 10.8 Å². The number of hydroxylamine groups is 1. The fourth-order valence-electron chi connectivity index (χ4n) is 1.49. The summed E-state index contributed by atoms with van der Waals surface area (Å²) in [6.07, 6.45) is -1.24. The van der Waals surface area contributed by atoms with Crippen molar-refractivity contribution in [2.24, 2.45) is 10.7 Å². The van der Waals surface area contributed by atoms with Gasteiger partial charge in [-0.2, -0.15) is 0 Å². The zero-order chi connectivity index (χ0) is 14.4. The Balaban J connectivity index is 3.13. The summed E-state index contributed by atoms with van der Waals surface area (Å²) >= 11 is 0. The van der Waals surface area contributed by atoms with E-state index >= 15 is 0 Å². The number of benzene rings is 1. The van der Waals surface area contributed by atoms with E-state index in [-0.39, 0.29) is 5.84 Å². The number of primary amides is 1. The molecule has 5 N–H and O–H groups in total. The molecule has 1 aromatic rings. The molecule has 0 saturated carbocycles. The molecule has 0 aliphatic carbocycles. The molecule has 0 aliphatic rings. The molecule has 1 atom stereocenters. The van der Waals surface area contributed by atoms with Crippen LogP contribution in [0.25, 0.3) is 0 Å². The zero-order valence-electron chi connectivity index (χ0n) is 10.7. The number of carbonyl (C=O) groups excluding carboxylic acids is 2. The number of nitrogens with two attached hydrogens (primary N) is 1. The van der Waals surface area contributed by atoms with Gasteiger partial charge in [-0.25, -0.2) is 4.99 Å². The number of carbonyl (C=O) groups is 2. The quantitative estimate of drug-likeness (QED) is 0.338. The Morgan fingerprint density at radius 3 is 2.47 bits per heavy atom. The van der Waals surface area contributed by atoms with E-state index in [9.17, 15) is 9.59 Å². The molecule has 0 spiro atoms. The third kappa shape index (κ3) is 4.07. The summed E-state index contributed by atoms with van der Waals surface area (Å²) in [6.45, 7) is 3.06. The minimum absolute atomic E-state index is 0.0515. The SMILES string of the molecule is CC(=O)NC(N=C(NO)c1ccccc1C)C(N)=O. The molecule has 7 heteroatoms. The topological polar surface area (TPSA) is 117 Å². The maximum atomic E-state index is 11.2. The summed E-state index contributed by atoms with van der Waals surface area (Å²) in [7, 11) is 0. The third-order valence-corrected chi connectivity index (χ3v) is 2.37. The van der Waals surface area contributed by atoms with E-state index < -0.39 is 18.0 Å². The molecule has 7 nitrogen and oxygen atoms in total. The minimum atomic E-state index is -1.24. The van der Waals surface area contributed by atoms with Gasteiger partial charge in [0.05, 0.1) is 0 Å². The van der Waals surface area contributed by atoms with Gasteiger partial charge in [0.1, 0.15) is 0 Å². The number of aliphatic imine (C=N–C) groups is 1. The molecule has 0 bridgehead atoms.